The number of carbonyl (C=O) groups is 1. The molecule has 0 fully saturated rings. The molecule has 0 spiro atoms. The van der Waals surface area contributed by atoms with Crippen molar-refractivity contribution in [3.05, 3.63) is 51.4 Å². The summed E-state index contributed by atoms with van der Waals surface area (Å²) in [5, 5.41) is 5.17. The van der Waals surface area contributed by atoms with Crippen molar-refractivity contribution < 1.29 is 4.79 Å². The molecule has 0 aliphatic heterocycles. The number of amides is 1. The molecule has 1 atom stereocenters. The first-order chi connectivity index (χ1) is 9.59. The minimum Gasteiger partial charge on any atom is -0.350 e. The van der Waals surface area contributed by atoms with Gasteiger partial charge < -0.3 is 10.2 Å². The Morgan fingerprint density at radius 2 is 2.25 bits per heavy atom. The van der Waals surface area contributed by atoms with Gasteiger partial charge in [-0.2, -0.15) is 0 Å². The summed E-state index contributed by atoms with van der Waals surface area (Å²) in [4.78, 5) is 19.3. The summed E-state index contributed by atoms with van der Waals surface area (Å²) in [6, 6.07) is 7.59. The van der Waals surface area contributed by atoms with E-state index in [-0.39, 0.29) is 17.1 Å². The van der Waals surface area contributed by atoms with Crippen molar-refractivity contribution in [3.8, 4) is 0 Å². The highest BCUT2D eigenvalue weighted by Gasteiger charge is 2.17. The predicted molar refractivity (Wildman–Crippen MR) is 82.3 cm³/mol. The van der Waals surface area contributed by atoms with E-state index in [1.165, 1.54) is 4.88 Å². The van der Waals surface area contributed by atoms with Gasteiger partial charge in [0.05, 0.1) is 11.6 Å². The first-order valence-electron chi connectivity index (χ1n) is 6.18. The van der Waals surface area contributed by atoms with Gasteiger partial charge in [-0.05, 0) is 37.7 Å². The zero-order valence-electron chi connectivity index (χ0n) is 11.3. The molecule has 0 aliphatic rings. The number of hydrogen-bond acceptors (Lipinski definition) is 4. The zero-order valence-corrected chi connectivity index (χ0v) is 12.9. The standard InChI is InChI=1S/C14H16ClN3OS/c1-18(2)11(12-6-4-8-20-12)9-17-14(19)10-5-3-7-16-13(10)15/h3-8,11H,9H2,1-2H3,(H,17,19)/t11-/m0/s1. The Bertz CT molecular complexity index is 572. The maximum absolute atomic E-state index is 12.1. The molecular formula is C14H16ClN3OS. The fourth-order valence-electron chi connectivity index (χ4n) is 1.86. The zero-order chi connectivity index (χ0) is 14.5. The molecular weight excluding hydrogens is 294 g/mol. The lowest BCUT2D eigenvalue weighted by molar-refractivity contribution is 0.0942. The number of likely N-dealkylation sites (N-methyl/N-ethyl adjacent to an activating group) is 1. The van der Waals surface area contributed by atoms with Crippen LogP contribution >= 0.6 is 22.9 Å². The molecule has 2 heterocycles. The minimum atomic E-state index is -0.202. The largest absolute Gasteiger partial charge is 0.350 e. The van der Waals surface area contributed by atoms with Gasteiger partial charge in [-0.25, -0.2) is 4.98 Å². The third-order valence-corrected chi connectivity index (χ3v) is 4.23. The van der Waals surface area contributed by atoms with Gasteiger partial charge in [0.15, 0.2) is 0 Å². The van der Waals surface area contributed by atoms with Crippen LogP contribution in [-0.2, 0) is 0 Å². The molecule has 106 valence electrons. The van der Waals surface area contributed by atoms with Crippen LogP contribution in [0.1, 0.15) is 21.3 Å². The summed E-state index contributed by atoms with van der Waals surface area (Å²) in [5.74, 6) is -0.202. The van der Waals surface area contributed by atoms with Gasteiger partial charge in [-0.15, -0.1) is 11.3 Å². The molecule has 0 aliphatic carbocycles. The number of thiophene rings is 1. The quantitative estimate of drug-likeness (QED) is 0.864. The number of halogens is 1. The van der Waals surface area contributed by atoms with Crippen LogP contribution in [0.25, 0.3) is 0 Å². The minimum absolute atomic E-state index is 0.148. The Morgan fingerprint density at radius 1 is 1.45 bits per heavy atom. The number of rotatable bonds is 5. The van der Waals surface area contributed by atoms with Gasteiger partial charge in [0.1, 0.15) is 5.15 Å². The van der Waals surface area contributed by atoms with Gasteiger partial charge >= 0.3 is 0 Å². The summed E-state index contributed by atoms with van der Waals surface area (Å²) in [7, 11) is 3.99. The number of nitrogens with one attached hydrogen (secondary N) is 1. The molecule has 1 N–H and O–H groups in total. The summed E-state index contributed by atoms with van der Waals surface area (Å²) >= 11 is 7.59. The first-order valence-corrected chi connectivity index (χ1v) is 7.44. The molecule has 2 aromatic rings. The number of pyridine rings is 1. The molecule has 0 bridgehead atoms. The van der Waals surface area contributed by atoms with Gasteiger partial charge in [0.2, 0.25) is 0 Å². The average molecular weight is 310 g/mol. The molecule has 6 heteroatoms. The van der Waals surface area contributed by atoms with Crippen molar-refractivity contribution in [1.29, 1.82) is 0 Å². The number of carbonyl (C=O) groups excluding carboxylic acids is 1. The number of aromatic nitrogens is 1. The van der Waals surface area contributed by atoms with Crippen molar-refractivity contribution in [3.63, 3.8) is 0 Å². The molecule has 20 heavy (non-hydrogen) atoms. The van der Waals surface area contributed by atoms with Crippen molar-refractivity contribution in [1.82, 2.24) is 15.2 Å². The Balaban J connectivity index is 2.03. The molecule has 0 saturated carbocycles. The van der Waals surface area contributed by atoms with Crippen molar-refractivity contribution in [2.75, 3.05) is 20.6 Å². The topological polar surface area (TPSA) is 45.2 Å². The van der Waals surface area contributed by atoms with Crippen LogP contribution in [0.3, 0.4) is 0 Å². The SMILES string of the molecule is CN(C)[C@@H](CNC(=O)c1cccnc1Cl)c1cccs1. The monoisotopic (exact) mass is 309 g/mol. The number of nitrogens with zero attached hydrogens (tertiary/aromatic N) is 2. The van der Waals surface area contributed by atoms with Crippen LogP contribution in [0.4, 0.5) is 0 Å². The highest BCUT2D eigenvalue weighted by molar-refractivity contribution is 7.10. The van der Waals surface area contributed by atoms with Crippen LogP contribution in [0.2, 0.25) is 5.15 Å². The molecule has 4 nitrogen and oxygen atoms in total. The van der Waals surface area contributed by atoms with E-state index in [0.717, 1.165) is 0 Å². The summed E-state index contributed by atoms with van der Waals surface area (Å²) in [5.41, 5.74) is 0.401. The summed E-state index contributed by atoms with van der Waals surface area (Å²) < 4.78 is 0. The lowest BCUT2D eigenvalue weighted by Gasteiger charge is -2.23. The van der Waals surface area contributed by atoms with Gasteiger partial charge in [-0.1, -0.05) is 17.7 Å². The molecule has 0 saturated heterocycles. The van der Waals surface area contributed by atoms with Crippen molar-refractivity contribution >= 4 is 28.8 Å². The third kappa shape index (κ3) is 3.56. The van der Waals surface area contributed by atoms with Crippen LogP contribution in [0, 0.1) is 0 Å². The van der Waals surface area contributed by atoms with E-state index in [1.807, 2.05) is 25.5 Å². The van der Waals surface area contributed by atoms with E-state index in [4.69, 9.17) is 11.6 Å². The normalized spacial score (nSPS) is 12.4. The van der Waals surface area contributed by atoms with E-state index in [0.29, 0.717) is 12.1 Å². The van der Waals surface area contributed by atoms with Gasteiger partial charge in [0.25, 0.3) is 5.91 Å². The highest BCUT2D eigenvalue weighted by Crippen LogP contribution is 2.22. The van der Waals surface area contributed by atoms with Gasteiger partial charge in [0, 0.05) is 17.6 Å². The summed E-state index contributed by atoms with van der Waals surface area (Å²) in [6.07, 6.45) is 1.56. The molecule has 0 unspecified atom stereocenters. The second kappa shape index (κ2) is 6.83. The molecule has 1 amide bonds. The van der Waals surface area contributed by atoms with Crippen molar-refractivity contribution in [2.24, 2.45) is 0 Å². The maximum Gasteiger partial charge on any atom is 0.254 e. The Labute approximate surface area is 127 Å². The number of hydrogen-bond donors (Lipinski definition) is 1. The average Bonchev–Trinajstić information content (AvgIpc) is 2.92. The van der Waals surface area contributed by atoms with E-state index < -0.39 is 0 Å². The highest BCUT2D eigenvalue weighted by atomic mass is 35.5. The van der Waals surface area contributed by atoms with Crippen LogP contribution < -0.4 is 5.32 Å². The molecule has 0 radical (unpaired) electrons. The van der Waals surface area contributed by atoms with Crippen LogP contribution in [-0.4, -0.2) is 36.4 Å². The second-order valence-corrected chi connectivity index (χ2v) is 5.88. The van der Waals surface area contributed by atoms with E-state index in [1.54, 1.807) is 29.7 Å². The fraction of sp³-hybridized carbons (Fsp3) is 0.286. The Morgan fingerprint density at radius 3 is 2.85 bits per heavy atom. The third-order valence-electron chi connectivity index (χ3n) is 2.95. The van der Waals surface area contributed by atoms with Crippen LogP contribution in [0.5, 0.6) is 0 Å². The Hall–Kier alpha value is -1.43. The molecule has 0 aromatic carbocycles. The van der Waals surface area contributed by atoms with E-state index in [2.05, 4.69) is 21.3 Å². The smallest absolute Gasteiger partial charge is 0.254 e. The van der Waals surface area contributed by atoms with E-state index in [9.17, 15) is 4.79 Å². The van der Waals surface area contributed by atoms with Crippen molar-refractivity contribution in [2.45, 2.75) is 6.04 Å². The lowest BCUT2D eigenvalue weighted by Crippen LogP contribution is -2.34. The second-order valence-electron chi connectivity index (χ2n) is 4.55. The fourth-order valence-corrected chi connectivity index (χ4v) is 2.99. The van der Waals surface area contributed by atoms with E-state index >= 15 is 0 Å². The Kier molecular flexibility index (Phi) is 5.11. The lowest BCUT2D eigenvalue weighted by atomic mass is 10.2. The molecule has 2 rings (SSSR count). The first kappa shape index (κ1) is 15.0. The predicted octanol–water partition coefficient (Wildman–Crippen LogP) is 2.83. The molecule has 2 aromatic heterocycles. The van der Waals surface area contributed by atoms with Gasteiger partial charge in [-0.3, -0.25) is 4.79 Å². The van der Waals surface area contributed by atoms with Crippen LogP contribution in [0.15, 0.2) is 35.8 Å². The maximum atomic E-state index is 12.1. The summed E-state index contributed by atoms with van der Waals surface area (Å²) in [6.45, 7) is 0.525.